The topological polar surface area (TPSA) is 355 Å². The van der Waals surface area contributed by atoms with E-state index in [1.165, 1.54) is 64.0 Å². The Balaban J connectivity index is 0.000000273. The number of nitrogens with zero attached hydrogens (tertiary/aromatic N) is 12. The third-order valence-electron chi connectivity index (χ3n) is 20.8. The molecule has 3 amide bonds. The minimum Gasteiger partial charge on any atom is -1.00 e. The number of pyridine rings is 3. The summed E-state index contributed by atoms with van der Waals surface area (Å²) in [5.41, 5.74) is 24.7. The molecule has 6 heterocycles. The van der Waals surface area contributed by atoms with Crippen LogP contribution in [0.15, 0.2) is 219 Å². The van der Waals surface area contributed by atoms with Crippen molar-refractivity contribution < 1.29 is 80.5 Å². The normalized spacial score (nSPS) is 13.6. The van der Waals surface area contributed by atoms with Crippen molar-refractivity contribution in [2.45, 2.75) is 114 Å². The van der Waals surface area contributed by atoms with E-state index < -0.39 is 60.4 Å². The van der Waals surface area contributed by atoms with Crippen LogP contribution in [0.5, 0.6) is 0 Å². The fourth-order valence-corrected chi connectivity index (χ4v) is 14.2. The molecule has 25 nitrogen and oxygen atoms in total. The first kappa shape index (κ1) is 105. The minimum absolute atomic E-state index is 0. The molecule has 0 saturated heterocycles. The zero-order valence-electron chi connectivity index (χ0n) is 71.5. The molecular weight excluding hydrogens is 1810 g/mol. The molecule has 37 heteroatoms. The van der Waals surface area contributed by atoms with Gasteiger partial charge in [0, 0.05) is 98.7 Å². The second kappa shape index (κ2) is 50.8. The number of carbonyl (C=O) groups is 3. The summed E-state index contributed by atoms with van der Waals surface area (Å²) in [5, 5.41) is 36.2. The van der Waals surface area contributed by atoms with E-state index in [4.69, 9.17) is 73.1 Å². The van der Waals surface area contributed by atoms with Crippen LogP contribution in [0, 0.1) is 75.7 Å². The van der Waals surface area contributed by atoms with Crippen LogP contribution in [0.3, 0.4) is 0 Å². The first-order valence-electron chi connectivity index (χ1n) is 39.7. The van der Waals surface area contributed by atoms with Gasteiger partial charge >= 0.3 is 62.6 Å². The van der Waals surface area contributed by atoms with Crippen LogP contribution in [-0.2, 0) is 37.9 Å². The van der Waals surface area contributed by atoms with Gasteiger partial charge in [0.1, 0.15) is 40.1 Å². The number of hydrogen-bond acceptors (Lipinski definition) is 16. The molecule has 0 aliphatic heterocycles. The quantitative estimate of drug-likeness (QED) is 0.00723. The summed E-state index contributed by atoms with van der Waals surface area (Å²) in [6.07, 6.45) is 21.8. The third-order valence-corrected chi connectivity index (χ3v) is 21.4. The molecule has 3 radical (unpaired) electrons. The van der Waals surface area contributed by atoms with E-state index in [9.17, 15) is 32.7 Å². The van der Waals surface area contributed by atoms with Crippen molar-refractivity contribution in [2.24, 2.45) is 35.0 Å². The van der Waals surface area contributed by atoms with Gasteiger partial charge in [-0.05, 0) is 214 Å². The second-order valence-corrected chi connectivity index (χ2v) is 34.8. The summed E-state index contributed by atoms with van der Waals surface area (Å²) >= 11 is 7.83. The Hall–Kier alpha value is -10.0. The van der Waals surface area contributed by atoms with Crippen LogP contribution in [0.1, 0.15) is 160 Å². The Morgan fingerprint density at radius 3 is 1.19 bits per heavy atom. The number of aryl methyl sites for hydroxylation is 3. The standard InChI is InChI=1S/C29H25ClFN5O.C29H27FN6O.C29H26FN5O2.C4H13N3.B.Cl2OS.2ClH.H3N.Na.Ni.H/c1-19-15-27(36(35-19)24-7-3-6-23(17-24)32-2)28(37)34-26-16-21(10-11-25(26)31)29(30,13-12-20-8-9-20)22-5-4-14-33-18-22;1-19-15-27(36(35-19)24-7-3-6-23(17-24)32-2)28(37)34-26-16-21(10-11-25(26)30)29(31,13-12-20-8-9-20)22-5-4-14-33-18-22;1-19-15-27(35(34-19)24-7-3-6-23(17-24)31-2)28(36)33-26-16-21(10-11-25(26)30)29(37,13-12-20-8-9-20)22-5-4-14-32-18-22;5-1-3-7-4-2-6;;1-4(2)3;;;;;;/h3-7,10-11,14-18,20H,8-9,12-13H2,1H3,(H,34,37);3-7,10-11,14-18,20H,8-9,12-13,31H2,1H3,(H,34,37);3-7,10-11,14-18,20,37H,8-9,12-13H2,1H3,(H,33,36);7H,1-6H2;;;2*1H;1H3;;;/q;;;;;;;;;+1;+2;-1/p-2. The van der Waals surface area contributed by atoms with E-state index in [0.717, 1.165) is 56.3 Å². The summed E-state index contributed by atoms with van der Waals surface area (Å²) in [6, 6.07) is 49.8. The zero-order chi connectivity index (χ0) is 89.8. The number of aliphatic hydroxyl groups is 1. The Labute approximate surface area is 798 Å². The number of carbonyl (C=O) groups excluding carboxylic acids is 3. The summed E-state index contributed by atoms with van der Waals surface area (Å²) in [7, 11) is 16.8. The van der Waals surface area contributed by atoms with Crippen LogP contribution < -0.4 is 74.2 Å². The number of nitrogens with one attached hydrogen (secondary N) is 4. The van der Waals surface area contributed by atoms with Gasteiger partial charge in [0.2, 0.25) is 9.23 Å². The van der Waals surface area contributed by atoms with Crippen molar-refractivity contribution in [1.82, 2.24) is 55.8 Å². The van der Waals surface area contributed by atoms with Gasteiger partial charge in [-0.1, -0.05) is 111 Å². The summed E-state index contributed by atoms with van der Waals surface area (Å²) in [6.45, 7) is 30.2. The van der Waals surface area contributed by atoms with Gasteiger partial charge in [0.25, 0.3) is 17.7 Å². The largest absolute Gasteiger partial charge is 1.00 e. The van der Waals surface area contributed by atoms with Crippen molar-refractivity contribution in [3.63, 3.8) is 0 Å². The van der Waals surface area contributed by atoms with Gasteiger partial charge in [-0.15, -0.1) is 11.6 Å². The van der Waals surface area contributed by atoms with Crippen molar-refractivity contribution in [3.8, 4) is 17.1 Å². The average Bonchev–Trinajstić information content (AvgIpc) is 1.48. The van der Waals surface area contributed by atoms with E-state index in [2.05, 4.69) is 87.4 Å². The molecule has 3 saturated carbocycles. The maximum absolute atomic E-state index is 15.0. The molecule has 665 valence electrons. The number of anilines is 3. The van der Waals surface area contributed by atoms with E-state index in [0.29, 0.717) is 136 Å². The van der Waals surface area contributed by atoms with Crippen LogP contribution in [-0.4, -0.2) is 106 Å². The van der Waals surface area contributed by atoms with Crippen molar-refractivity contribution in [1.29, 1.82) is 0 Å². The molecule has 3 aliphatic rings. The number of rotatable bonds is 28. The number of benzene rings is 6. The Kier molecular flexibility index (Phi) is 41.7. The number of amides is 3. The SMILES string of the molecule is N.NCCNCCN.O=S(Cl)Cl.[B].[C-]#[N+]c1cccc(-n2nc(C)cc2C(=O)Nc2cc(C(Cl)(CCC3CC3)c3cccnc3)ccc2F)c1.[C-]#[N+]c1cccc(-n2nc(C)cc2C(=O)Nc2cc(C(N)(CCC3CC3)c3cccnc3)ccc2F)c1.[C-]#[N+]c1cccc(-n2nc(C)cc2C(=O)Nc2cc(C(O)(CCC3CC3)c3cccnc3)ccc2F)c1.[Cl][Ni][Cl].[H-].[Na+]. The monoisotopic (exact) mass is 1900 g/mol. The van der Waals surface area contributed by atoms with E-state index in [1.807, 2.05) is 24.3 Å². The van der Waals surface area contributed by atoms with Crippen LogP contribution in [0.4, 0.5) is 47.3 Å². The van der Waals surface area contributed by atoms with E-state index in [-0.39, 0.29) is 79.7 Å². The molecule has 6 aromatic carbocycles. The predicted molar refractivity (Wildman–Crippen MR) is 494 cm³/mol. The van der Waals surface area contributed by atoms with Gasteiger partial charge in [-0.3, -0.25) is 29.3 Å². The minimum atomic E-state index is -1.67. The fraction of sp³-hybridized carbons (Fsp3) is 0.275. The first-order valence-corrected chi connectivity index (χ1v) is 45.6. The van der Waals surface area contributed by atoms with Gasteiger partial charge < -0.3 is 51.2 Å². The molecule has 3 fully saturated rings. The van der Waals surface area contributed by atoms with E-state index >= 15 is 0 Å². The molecule has 15 rings (SSSR count). The summed E-state index contributed by atoms with van der Waals surface area (Å²) in [4.78, 5) is 62.1. The van der Waals surface area contributed by atoms with Crippen molar-refractivity contribution in [2.75, 3.05) is 42.1 Å². The molecular formula is C91H95BCl5F3N20NaNiO5S. The zero-order valence-corrected chi connectivity index (χ0v) is 78.1. The molecule has 128 heavy (non-hydrogen) atoms. The van der Waals surface area contributed by atoms with Gasteiger partial charge in [0.05, 0.1) is 81.3 Å². The summed E-state index contributed by atoms with van der Waals surface area (Å²) in [5.74, 6) is -1.43. The smallest absolute Gasteiger partial charge is 1.00 e. The molecule has 6 aromatic heterocycles. The fourth-order valence-electron chi connectivity index (χ4n) is 13.9. The Morgan fingerprint density at radius 2 is 0.836 bits per heavy atom. The number of nitrogens with two attached hydrogens (primary N) is 3. The Bertz CT molecular complexity index is 5320. The third kappa shape index (κ3) is 29.5. The molecule has 3 atom stereocenters. The maximum Gasteiger partial charge on any atom is 1.00 e. The predicted octanol–water partition coefficient (Wildman–Crippen LogP) is 16.9. The molecule has 0 bridgehead atoms. The number of halogens is 8. The van der Waals surface area contributed by atoms with Crippen molar-refractivity contribution >= 4 is 123 Å². The molecule has 0 spiro atoms. The van der Waals surface area contributed by atoms with E-state index in [1.54, 1.807) is 191 Å². The number of aromatic nitrogens is 9. The van der Waals surface area contributed by atoms with Gasteiger partial charge in [-0.25, -0.2) is 46.0 Å². The molecule has 12 aromatic rings. The van der Waals surface area contributed by atoms with Crippen LogP contribution in [0.2, 0.25) is 0 Å². The second-order valence-electron chi connectivity index (χ2n) is 30.0. The Morgan fingerprint density at radius 1 is 0.508 bits per heavy atom. The molecule has 3 aliphatic carbocycles. The molecule has 14 N–H and O–H groups in total. The average molecular weight is 1910 g/mol. The number of alkyl halides is 1. The molecule has 3 unspecified atom stereocenters. The van der Waals surface area contributed by atoms with Crippen LogP contribution >= 0.6 is 53.4 Å². The van der Waals surface area contributed by atoms with Gasteiger partial charge in [-0.2, -0.15) is 15.3 Å². The first-order chi connectivity index (χ1) is 60.2. The number of hydrogen-bond donors (Lipinski definition) is 9. The summed E-state index contributed by atoms with van der Waals surface area (Å²) < 4.78 is 58.3. The van der Waals surface area contributed by atoms with Crippen molar-refractivity contribution in [3.05, 3.63) is 338 Å². The van der Waals surface area contributed by atoms with Crippen LogP contribution in [0.25, 0.3) is 31.6 Å². The maximum atomic E-state index is 15.0. The van der Waals surface area contributed by atoms with Gasteiger partial charge in [0.15, 0.2) is 17.1 Å².